The van der Waals surface area contributed by atoms with E-state index in [2.05, 4.69) is 11.1 Å². The fraction of sp³-hybridized carbons (Fsp3) is 0.375. The lowest BCUT2D eigenvalue weighted by Gasteiger charge is -2.27. The molecule has 0 spiro atoms. The second kappa shape index (κ2) is 5.12. The summed E-state index contributed by atoms with van der Waals surface area (Å²) in [7, 11) is 1.68. The van der Waals surface area contributed by atoms with Crippen molar-refractivity contribution in [2.24, 2.45) is 4.99 Å². The van der Waals surface area contributed by atoms with Gasteiger partial charge < -0.3 is 9.47 Å². The Hall–Kier alpha value is -2.10. The van der Waals surface area contributed by atoms with Crippen LogP contribution in [0.2, 0.25) is 0 Å². The van der Waals surface area contributed by atoms with Crippen molar-refractivity contribution in [2.75, 3.05) is 7.11 Å². The van der Waals surface area contributed by atoms with E-state index in [1.807, 2.05) is 12.1 Å². The molecule has 2 aliphatic rings. The fourth-order valence-corrected chi connectivity index (χ4v) is 2.65. The summed E-state index contributed by atoms with van der Waals surface area (Å²) >= 11 is 0. The number of allylic oxidation sites excluding steroid dienone is 2. The maximum Gasteiger partial charge on any atom is 0.196 e. The minimum absolute atomic E-state index is 0.00870. The summed E-state index contributed by atoms with van der Waals surface area (Å²) in [4.78, 5) is 15.5. The molecule has 4 heteroatoms. The summed E-state index contributed by atoms with van der Waals surface area (Å²) in [5.74, 6) is 1.23. The van der Waals surface area contributed by atoms with Crippen LogP contribution < -0.4 is 4.74 Å². The van der Waals surface area contributed by atoms with Gasteiger partial charge in [-0.1, -0.05) is 12.1 Å². The predicted octanol–water partition coefficient (Wildman–Crippen LogP) is 2.45. The zero-order valence-electron chi connectivity index (χ0n) is 11.7. The summed E-state index contributed by atoms with van der Waals surface area (Å²) in [6.07, 6.45) is 4.29. The van der Waals surface area contributed by atoms with Crippen LogP contribution >= 0.6 is 0 Å². The fourth-order valence-electron chi connectivity index (χ4n) is 2.65. The SMILES string of the molecule is COc1cccc2c1CC(O/C(C(C)=O)=C1C=N/1)CC2. The molecule has 0 N–H and O–H groups in total. The standard InChI is InChI=1S/C16H17NO3/c1-10(18)16(14-9-17-14)20-12-7-6-11-4-3-5-15(19-2)13(11)8-12/h3-5,9,12H,6-8H2,1-2H3/b16-14-. The number of carbonyl (C=O) groups excluding carboxylic acids is 1. The number of ketones is 1. The molecule has 104 valence electrons. The Morgan fingerprint density at radius 1 is 1.40 bits per heavy atom. The molecule has 1 aromatic rings. The second-order valence-electron chi connectivity index (χ2n) is 5.11. The first kappa shape index (κ1) is 12.9. The summed E-state index contributed by atoms with van der Waals surface area (Å²) in [6, 6.07) is 6.11. The smallest absolute Gasteiger partial charge is 0.196 e. The quantitative estimate of drug-likeness (QED) is 0.624. The molecule has 1 unspecified atom stereocenters. The Bertz CT molecular complexity index is 594. The van der Waals surface area contributed by atoms with Crippen LogP contribution in [0.3, 0.4) is 0 Å². The Balaban J connectivity index is 1.79. The van der Waals surface area contributed by atoms with Crippen molar-refractivity contribution >= 4 is 12.0 Å². The van der Waals surface area contributed by atoms with E-state index in [9.17, 15) is 4.79 Å². The van der Waals surface area contributed by atoms with E-state index >= 15 is 0 Å². The normalized spacial score (nSPS) is 22.0. The van der Waals surface area contributed by atoms with Crippen LogP contribution in [-0.2, 0) is 22.4 Å². The average Bonchev–Trinajstić information content (AvgIpc) is 3.28. The van der Waals surface area contributed by atoms with Gasteiger partial charge in [-0.05, 0) is 24.5 Å². The molecule has 0 aromatic heterocycles. The van der Waals surface area contributed by atoms with Crippen molar-refractivity contribution in [2.45, 2.75) is 32.3 Å². The van der Waals surface area contributed by atoms with E-state index < -0.39 is 0 Å². The Kier molecular flexibility index (Phi) is 3.30. The van der Waals surface area contributed by atoms with Crippen molar-refractivity contribution in [3.63, 3.8) is 0 Å². The molecule has 20 heavy (non-hydrogen) atoms. The first-order chi connectivity index (χ1) is 9.69. The summed E-state index contributed by atoms with van der Waals surface area (Å²) in [6.45, 7) is 1.52. The zero-order chi connectivity index (χ0) is 14.1. The Labute approximate surface area is 118 Å². The molecule has 1 aromatic carbocycles. The minimum atomic E-state index is -0.0664. The number of carbonyl (C=O) groups is 1. The van der Waals surface area contributed by atoms with Gasteiger partial charge in [0.25, 0.3) is 0 Å². The lowest BCUT2D eigenvalue weighted by molar-refractivity contribution is -0.118. The number of hydrogen-bond acceptors (Lipinski definition) is 4. The number of Topliss-reactive ketones (excluding diaryl/α,β-unsaturated/α-hetero) is 1. The molecular formula is C16H17NO3. The van der Waals surface area contributed by atoms with Crippen LogP contribution in [0.15, 0.2) is 34.6 Å². The van der Waals surface area contributed by atoms with E-state index in [0.717, 1.165) is 25.0 Å². The number of aryl methyl sites for hydroxylation is 1. The average molecular weight is 271 g/mol. The van der Waals surface area contributed by atoms with Crippen molar-refractivity contribution in [3.8, 4) is 5.75 Å². The highest BCUT2D eigenvalue weighted by molar-refractivity contribution is 6.04. The lowest BCUT2D eigenvalue weighted by Crippen LogP contribution is -2.24. The number of methoxy groups -OCH3 is 1. The van der Waals surface area contributed by atoms with Crippen LogP contribution in [0.1, 0.15) is 24.5 Å². The van der Waals surface area contributed by atoms with Gasteiger partial charge in [-0.3, -0.25) is 4.79 Å². The predicted molar refractivity (Wildman–Crippen MR) is 76.1 cm³/mol. The number of benzene rings is 1. The second-order valence-corrected chi connectivity index (χ2v) is 5.11. The van der Waals surface area contributed by atoms with Gasteiger partial charge >= 0.3 is 0 Å². The molecule has 1 aliphatic heterocycles. The molecule has 1 heterocycles. The van der Waals surface area contributed by atoms with Crippen LogP contribution in [-0.4, -0.2) is 25.2 Å². The third-order valence-corrected chi connectivity index (χ3v) is 3.71. The van der Waals surface area contributed by atoms with Gasteiger partial charge in [0, 0.05) is 18.9 Å². The molecule has 0 fully saturated rings. The van der Waals surface area contributed by atoms with E-state index in [0.29, 0.717) is 11.5 Å². The van der Waals surface area contributed by atoms with Crippen molar-refractivity contribution in [1.82, 2.24) is 0 Å². The maximum atomic E-state index is 11.6. The number of fused-ring (bicyclic) bond motifs is 1. The number of aliphatic imine (C=N–C) groups is 1. The third kappa shape index (κ3) is 2.46. The third-order valence-electron chi connectivity index (χ3n) is 3.71. The van der Waals surface area contributed by atoms with Gasteiger partial charge in [-0.15, -0.1) is 0 Å². The van der Waals surface area contributed by atoms with Gasteiger partial charge in [0.2, 0.25) is 0 Å². The van der Waals surface area contributed by atoms with Crippen molar-refractivity contribution < 1.29 is 14.3 Å². The Morgan fingerprint density at radius 2 is 2.20 bits per heavy atom. The van der Waals surface area contributed by atoms with Gasteiger partial charge in [0.15, 0.2) is 11.5 Å². The molecule has 3 rings (SSSR count). The number of rotatable bonds is 4. The highest BCUT2D eigenvalue weighted by Crippen LogP contribution is 2.32. The van der Waals surface area contributed by atoms with Crippen LogP contribution in [0.25, 0.3) is 0 Å². The molecule has 0 saturated heterocycles. The molecule has 0 saturated carbocycles. The van der Waals surface area contributed by atoms with E-state index in [4.69, 9.17) is 9.47 Å². The lowest BCUT2D eigenvalue weighted by atomic mass is 9.89. The zero-order valence-corrected chi connectivity index (χ0v) is 11.7. The largest absolute Gasteiger partial charge is 0.496 e. The van der Waals surface area contributed by atoms with E-state index in [-0.39, 0.29) is 11.9 Å². The molecule has 1 atom stereocenters. The topological polar surface area (TPSA) is 47.9 Å². The Morgan fingerprint density at radius 3 is 2.85 bits per heavy atom. The van der Waals surface area contributed by atoms with Gasteiger partial charge in [-0.25, -0.2) is 4.99 Å². The van der Waals surface area contributed by atoms with Gasteiger partial charge in [-0.2, -0.15) is 0 Å². The van der Waals surface area contributed by atoms with E-state index in [1.54, 1.807) is 13.3 Å². The molecule has 1 aliphatic carbocycles. The monoisotopic (exact) mass is 271 g/mol. The molecule has 0 amide bonds. The first-order valence-electron chi connectivity index (χ1n) is 6.79. The summed E-state index contributed by atoms with van der Waals surface area (Å²) in [5.41, 5.74) is 3.18. The van der Waals surface area contributed by atoms with Gasteiger partial charge in [0.1, 0.15) is 17.6 Å². The van der Waals surface area contributed by atoms with Crippen LogP contribution in [0.4, 0.5) is 0 Å². The van der Waals surface area contributed by atoms with Crippen LogP contribution in [0.5, 0.6) is 5.75 Å². The maximum absolute atomic E-state index is 11.6. The molecule has 0 bridgehead atoms. The minimum Gasteiger partial charge on any atom is -0.496 e. The van der Waals surface area contributed by atoms with Gasteiger partial charge in [0.05, 0.1) is 13.3 Å². The van der Waals surface area contributed by atoms with Crippen molar-refractivity contribution in [1.29, 1.82) is 0 Å². The first-order valence-corrected chi connectivity index (χ1v) is 6.79. The number of nitrogens with zero attached hydrogens (tertiary/aromatic N) is 1. The van der Waals surface area contributed by atoms with Crippen molar-refractivity contribution in [3.05, 3.63) is 40.8 Å². The van der Waals surface area contributed by atoms with E-state index in [1.165, 1.54) is 18.1 Å². The van der Waals surface area contributed by atoms with Crippen LogP contribution in [0, 0.1) is 0 Å². The summed E-state index contributed by atoms with van der Waals surface area (Å²) < 4.78 is 11.3. The highest BCUT2D eigenvalue weighted by atomic mass is 16.5. The molecule has 4 nitrogen and oxygen atoms in total. The number of ether oxygens (including phenoxy) is 2. The number of hydrogen-bond donors (Lipinski definition) is 0. The molecular weight excluding hydrogens is 254 g/mol. The summed E-state index contributed by atoms with van der Waals surface area (Å²) in [5, 5.41) is 0. The molecule has 0 radical (unpaired) electrons. The highest BCUT2D eigenvalue weighted by Gasteiger charge is 2.26.